The summed E-state index contributed by atoms with van der Waals surface area (Å²) in [7, 11) is 0. The van der Waals surface area contributed by atoms with E-state index in [1.807, 2.05) is 6.92 Å². The van der Waals surface area contributed by atoms with E-state index >= 15 is 0 Å². The van der Waals surface area contributed by atoms with E-state index < -0.39 is 11.2 Å². The Hall–Kier alpha value is -0.980. The minimum atomic E-state index is -0.807. The topological polar surface area (TPSA) is 96.4 Å². The highest BCUT2D eigenvalue weighted by molar-refractivity contribution is 5.82. The summed E-state index contributed by atoms with van der Waals surface area (Å²) < 4.78 is 11.8. The molecule has 280 valence electrons. The second-order valence-electron chi connectivity index (χ2n) is 19.2. The zero-order chi connectivity index (χ0) is 36.1. The van der Waals surface area contributed by atoms with Crippen LogP contribution in [0, 0.1) is 40.4 Å². The highest BCUT2D eigenvalue weighted by Crippen LogP contribution is 2.67. The van der Waals surface area contributed by atoms with Gasteiger partial charge < -0.3 is 19.7 Å². The van der Waals surface area contributed by atoms with Gasteiger partial charge in [-0.1, -0.05) is 120 Å². The molecule has 3 rings (SSSR count). The van der Waals surface area contributed by atoms with Gasteiger partial charge in [-0.2, -0.15) is 0 Å². The lowest BCUT2D eigenvalue weighted by molar-refractivity contribution is -0.169. The molecule has 1 saturated heterocycles. The van der Waals surface area contributed by atoms with Crippen molar-refractivity contribution in [1.29, 1.82) is 0 Å². The molecule has 3 fully saturated rings. The normalized spacial score (nSPS) is 34.8. The Morgan fingerprint density at radius 2 is 1.27 bits per heavy atom. The summed E-state index contributed by atoms with van der Waals surface area (Å²) in [6.45, 7) is 23.5. The second-order valence-corrected chi connectivity index (χ2v) is 19.2. The Bertz CT molecular complexity index is 1030. The van der Waals surface area contributed by atoms with Crippen LogP contribution in [-0.2, 0) is 19.1 Å². The maximum atomic E-state index is 13.2. The van der Waals surface area contributed by atoms with Gasteiger partial charge in [-0.25, -0.2) is 0 Å². The van der Waals surface area contributed by atoms with E-state index in [1.54, 1.807) is 0 Å². The minimum Gasteiger partial charge on any atom is -0.462 e. The molecule has 0 aromatic heterocycles. The third kappa shape index (κ3) is 10.8. The van der Waals surface area contributed by atoms with Crippen molar-refractivity contribution in [1.82, 2.24) is 0 Å². The number of unbranched alkanes of at least 4 members (excludes halogenated alkanes) is 1. The molecule has 10 atom stereocenters. The van der Waals surface area contributed by atoms with Gasteiger partial charge in [0.2, 0.25) is 0 Å². The van der Waals surface area contributed by atoms with E-state index in [0.717, 1.165) is 38.0 Å². The lowest BCUT2D eigenvalue weighted by atomic mass is 9.59. The van der Waals surface area contributed by atoms with Crippen LogP contribution in [0.1, 0.15) is 185 Å². The Balaban J connectivity index is 1.23. The van der Waals surface area contributed by atoms with Crippen LogP contribution in [0.4, 0.5) is 0 Å². The van der Waals surface area contributed by atoms with Gasteiger partial charge in [0, 0.05) is 32.1 Å². The fourth-order valence-corrected chi connectivity index (χ4v) is 10.5. The second kappa shape index (κ2) is 16.6. The number of rotatable bonds is 20. The molecule has 6 nitrogen and oxygen atoms in total. The molecule has 6 heteroatoms. The van der Waals surface area contributed by atoms with Crippen molar-refractivity contribution >= 4 is 11.8 Å². The summed E-state index contributed by atoms with van der Waals surface area (Å²) in [5.41, 5.74) is -1.81. The van der Waals surface area contributed by atoms with Crippen LogP contribution in [0.3, 0.4) is 0 Å². The number of fused-ring (bicyclic) bond motifs is 1. The van der Waals surface area contributed by atoms with Crippen molar-refractivity contribution in [2.75, 3.05) is 0 Å². The van der Waals surface area contributed by atoms with Gasteiger partial charge in [-0.05, 0) is 74.0 Å². The summed E-state index contributed by atoms with van der Waals surface area (Å²) in [5, 5.41) is 21.6. The third-order valence-corrected chi connectivity index (χ3v) is 13.4. The first-order valence-corrected chi connectivity index (χ1v) is 19.9. The molecule has 3 aliphatic rings. The zero-order valence-electron chi connectivity index (χ0n) is 33.1. The SMILES string of the molecule is CC(=O)O[C@H]1CC(C)(C)[C@@H](CCC(C)CCCC(C)CCCCC(C)CCCC(C)C(=O)C[C@@]23O[C@]2(C)C[C@@H](O)CC3(C)C)[C@](C)(O)C1. The molecule has 0 amide bonds. The van der Waals surface area contributed by atoms with Gasteiger partial charge in [0.25, 0.3) is 0 Å². The molecule has 2 saturated carbocycles. The van der Waals surface area contributed by atoms with Crippen LogP contribution in [0.5, 0.6) is 0 Å². The monoisotopic (exact) mass is 677 g/mol. The maximum absolute atomic E-state index is 13.2. The molecule has 0 aromatic rings. The number of esters is 1. The molecular weight excluding hydrogens is 600 g/mol. The number of aliphatic hydroxyl groups is 2. The van der Waals surface area contributed by atoms with E-state index in [4.69, 9.17) is 9.47 Å². The number of carbonyl (C=O) groups excluding carboxylic acids is 2. The maximum Gasteiger partial charge on any atom is 0.302 e. The Morgan fingerprint density at radius 3 is 1.79 bits per heavy atom. The number of epoxide rings is 1. The Kier molecular flexibility index (Phi) is 14.3. The van der Waals surface area contributed by atoms with Gasteiger partial charge in [0.15, 0.2) is 0 Å². The first kappa shape index (κ1) is 41.4. The molecule has 2 N–H and O–H groups in total. The standard InChI is InChI=1S/C42H76O6/c1-29(18-14-19-31(3)22-23-37-38(6,7)26-35(47-33(5)43)27-40(37,10)46)16-12-13-17-30(2)20-15-21-32(4)36(45)28-42-39(8,9)24-34(44)25-41(42,11)48-42/h29-32,34-35,37,44,46H,12-28H2,1-11H3/t29?,30?,31?,32?,34-,35-,37+,40+,41+,42-/m0/s1. The molecule has 0 spiro atoms. The summed E-state index contributed by atoms with van der Waals surface area (Å²) in [6, 6.07) is 0. The van der Waals surface area contributed by atoms with Crippen molar-refractivity contribution in [3.05, 3.63) is 0 Å². The first-order chi connectivity index (χ1) is 22.1. The van der Waals surface area contributed by atoms with Crippen molar-refractivity contribution < 1.29 is 29.3 Å². The summed E-state index contributed by atoms with van der Waals surface area (Å²) in [4.78, 5) is 24.7. The van der Waals surface area contributed by atoms with Crippen LogP contribution < -0.4 is 0 Å². The molecule has 0 bridgehead atoms. The Morgan fingerprint density at radius 1 is 0.750 bits per heavy atom. The van der Waals surface area contributed by atoms with Crippen molar-refractivity contribution in [2.45, 2.75) is 214 Å². The van der Waals surface area contributed by atoms with Crippen molar-refractivity contribution in [3.8, 4) is 0 Å². The van der Waals surface area contributed by atoms with E-state index in [1.165, 1.54) is 58.3 Å². The lowest BCUT2D eigenvalue weighted by Gasteiger charge is -2.50. The highest BCUT2D eigenvalue weighted by atomic mass is 16.6. The summed E-state index contributed by atoms with van der Waals surface area (Å²) in [6.07, 6.45) is 17.1. The van der Waals surface area contributed by atoms with Crippen LogP contribution in [-0.4, -0.2) is 51.0 Å². The molecule has 4 unspecified atom stereocenters. The summed E-state index contributed by atoms with van der Waals surface area (Å²) in [5.74, 6) is 2.49. The van der Waals surface area contributed by atoms with Crippen molar-refractivity contribution in [2.24, 2.45) is 40.4 Å². The summed E-state index contributed by atoms with van der Waals surface area (Å²) >= 11 is 0. The highest BCUT2D eigenvalue weighted by Gasteiger charge is 2.76. The van der Waals surface area contributed by atoms with Crippen LogP contribution in [0.2, 0.25) is 0 Å². The quantitative estimate of drug-likeness (QED) is 0.0757. The molecule has 0 radical (unpaired) electrons. The van der Waals surface area contributed by atoms with Crippen LogP contribution in [0.25, 0.3) is 0 Å². The first-order valence-electron chi connectivity index (χ1n) is 19.9. The molecule has 1 heterocycles. The fraction of sp³-hybridized carbons (Fsp3) is 0.952. The molecule has 2 aliphatic carbocycles. The predicted octanol–water partition coefficient (Wildman–Crippen LogP) is 10.00. The molecule has 1 aliphatic heterocycles. The van der Waals surface area contributed by atoms with Crippen LogP contribution in [0.15, 0.2) is 0 Å². The third-order valence-electron chi connectivity index (χ3n) is 13.4. The van der Waals surface area contributed by atoms with Crippen molar-refractivity contribution in [3.63, 3.8) is 0 Å². The largest absolute Gasteiger partial charge is 0.462 e. The predicted molar refractivity (Wildman–Crippen MR) is 196 cm³/mol. The average molecular weight is 677 g/mol. The van der Waals surface area contributed by atoms with Gasteiger partial charge >= 0.3 is 5.97 Å². The molecular formula is C42H76O6. The van der Waals surface area contributed by atoms with Gasteiger partial charge in [0.05, 0.1) is 17.3 Å². The number of ketones is 1. The molecule has 48 heavy (non-hydrogen) atoms. The smallest absolute Gasteiger partial charge is 0.302 e. The fourth-order valence-electron chi connectivity index (χ4n) is 10.5. The number of hydrogen-bond acceptors (Lipinski definition) is 6. The van der Waals surface area contributed by atoms with Gasteiger partial charge in [-0.15, -0.1) is 0 Å². The minimum absolute atomic E-state index is 0.0574. The van der Waals surface area contributed by atoms with Gasteiger partial charge in [-0.3, -0.25) is 9.59 Å². The number of Topliss-reactive ketones (excluding diaryl/α,β-unsaturated/α-hetero) is 1. The van der Waals surface area contributed by atoms with Crippen LogP contribution >= 0.6 is 0 Å². The van der Waals surface area contributed by atoms with E-state index in [9.17, 15) is 19.8 Å². The van der Waals surface area contributed by atoms with E-state index in [0.29, 0.717) is 43.3 Å². The number of aliphatic hydroxyl groups excluding tert-OH is 1. The van der Waals surface area contributed by atoms with E-state index in [-0.39, 0.29) is 46.4 Å². The van der Waals surface area contributed by atoms with Gasteiger partial charge in [0.1, 0.15) is 17.5 Å². The number of carbonyl (C=O) groups is 2. The Labute approximate surface area is 295 Å². The molecule has 0 aromatic carbocycles. The lowest BCUT2D eigenvalue weighted by Crippen LogP contribution is -2.52. The zero-order valence-corrected chi connectivity index (χ0v) is 33.1. The average Bonchev–Trinajstić information content (AvgIpc) is 3.53. The number of hydrogen-bond donors (Lipinski definition) is 2. The number of ether oxygens (including phenoxy) is 2. The van der Waals surface area contributed by atoms with E-state index in [2.05, 4.69) is 62.3 Å².